The number of nitro groups is 1. The van der Waals surface area contributed by atoms with Crippen molar-refractivity contribution < 1.29 is 27.6 Å². The molecule has 0 aliphatic rings. The van der Waals surface area contributed by atoms with E-state index in [2.05, 4.69) is 5.14 Å². The van der Waals surface area contributed by atoms with Crippen LogP contribution in [0.4, 0.5) is 10.1 Å². The minimum Gasteiger partial charge on any atom is -0.478 e. The number of non-ortho nitro benzene ring substituents is 1. The second kappa shape index (κ2) is 4.07. The maximum atomic E-state index is 13.4. The predicted octanol–water partition coefficient (Wildman–Crippen LogP) is 0.0795. The fourth-order valence-corrected chi connectivity index (χ4v) is 1.70. The van der Waals surface area contributed by atoms with E-state index >= 15 is 0 Å². The summed E-state index contributed by atoms with van der Waals surface area (Å²) in [6.07, 6.45) is 0. The largest absolute Gasteiger partial charge is 0.478 e. The molecule has 1 aromatic rings. The summed E-state index contributed by atoms with van der Waals surface area (Å²) in [6, 6.07) is 0.767. The summed E-state index contributed by atoms with van der Waals surface area (Å²) in [5.41, 5.74) is -2.02. The molecule has 0 aliphatic carbocycles. The molecule has 0 saturated heterocycles. The Morgan fingerprint density at radius 3 is 2.35 bits per heavy atom. The van der Waals surface area contributed by atoms with Gasteiger partial charge in [-0.05, 0) is 0 Å². The second-order valence-electron chi connectivity index (χ2n) is 2.91. The highest BCUT2D eigenvalue weighted by Gasteiger charge is 2.26. The number of carbonyl (C=O) groups is 1. The van der Waals surface area contributed by atoms with Gasteiger partial charge in [0.1, 0.15) is 10.5 Å². The lowest BCUT2D eigenvalue weighted by atomic mass is 10.2. The molecular formula is C7H5FN2O6S. The molecule has 0 amide bonds. The highest BCUT2D eigenvalue weighted by Crippen LogP contribution is 2.24. The van der Waals surface area contributed by atoms with Gasteiger partial charge in [-0.25, -0.2) is 22.7 Å². The van der Waals surface area contributed by atoms with Crippen molar-refractivity contribution in [2.45, 2.75) is 4.90 Å². The fourth-order valence-electron chi connectivity index (χ4n) is 1.05. The van der Waals surface area contributed by atoms with Crippen molar-refractivity contribution in [3.8, 4) is 0 Å². The van der Waals surface area contributed by atoms with Crippen LogP contribution < -0.4 is 5.14 Å². The molecule has 0 bridgehead atoms. The van der Waals surface area contributed by atoms with Crippen molar-refractivity contribution in [1.82, 2.24) is 0 Å². The summed E-state index contributed by atoms with van der Waals surface area (Å²) < 4.78 is 35.3. The molecule has 92 valence electrons. The standard InChI is InChI=1S/C7H5FN2O6S/c8-6-4(7(11)12)1-3(10(13)14)2-5(6)17(9,15)16/h1-2H,(H,11,12)(H2,9,15,16). The Bertz CT molecular complexity index is 611. The number of halogens is 1. The third-order valence-electron chi connectivity index (χ3n) is 1.77. The molecule has 10 heteroatoms. The summed E-state index contributed by atoms with van der Waals surface area (Å²) in [6.45, 7) is 0. The van der Waals surface area contributed by atoms with Crippen LogP contribution in [0.15, 0.2) is 17.0 Å². The van der Waals surface area contributed by atoms with Crippen molar-refractivity contribution in [2.24, 2.45) is 5.14 Å². The zero-order chi connectivity index (χ0) is 13.4. The average molecular weight is 264 g/mol. The Morgan fingerprint density at radius 1 is 1.47 bits per heavy atom. The smallest absolute Gasteiger partial charge is 0.338 e. The minimum atomic E-state index is -4.59. The van der Waals surface area contributed by atoms with Gasteiger partial charge in [0.2, 0.25) is 10.0 Å². The summed E-state index contributed by atoms with van der Waals surface area (Å²) in [4.78, 5) is 18.7. The summed E-state index contributed by atoms with van der Waals surface area (Å²) in [5.74, 6) is -3.47. The van der Waals surface area contributed by atoms with Crippen LogP contribution in [-0.4, -0.2) is 24.4 Å². The molecule has 0 heterocycles. The lowest BCUT2D eigenvalue weighted by molar-refractivity contribution is -0.385. The normalized spacial score (nSPS) is 11.2. The number of aromatic carboxylic acids is 1. The molecule has 1 aromatic carbocycles. The predicted molar refractivity (Wildman–Crippen MR) is 51.4 cm³/mol. The molecule has 3 N–H and O–H groups in total. The number of carboxylic acid groups (broad SMARTS) is 1. The third kappa shape index (κ3) is 2.54. The van der Waals surface area contributed by atoms with Gasteiger partial charge in [0.15, 0.2) is 5.82 Å². The van der Waals surface area contributed by atoms with Gasteiger partial charge in [-0.15, -0.1) is 0 Å². The molecule has 0 radical (unpaired) electrons. The highest BCUT2D eigenvalue weighted by molar-refractivity contribution is 7.89. The van der Waals surface area contributed by atoms with Crippen molar-refractivity contribution in [1.29, 1.82) is 0 Å². The number of rotatable bonds is 3. The number of carboxylic acids is 1. The first kappa shape index (κ1) is 13.0. The van der Waals surface area contributed by atoms with Crippen LogP contribution in [0.5, 0.6) is 0 Å². The maximum absolute atomic E-state index is 13.4. The van der Waals surface area contributed by atoms with E-state index in [1.54, 1.807) is 0 Å². The van der Waals surface area contributed by atoms with Gasteiger partial charge < -0.3 is 5.11 Å². The van der Waals surface area contributed by atoms with Gasteiger partial charge >= 0.3 is 5.97 Å². The van der Waals surface area contributed by atoms with Crippen molar-refractivity contribution >= 4 is 21.7 Å². The van der Waals surface area contributed by atoms with Gasteiger partial charge in [-0.1, -0.05) is 0 Å². The topological polar surface area (TPSA) is 141 Å². The number of sulfonamides is 1. The first-order valence-electron chi connectivity index (χ1n) is 3.88. The van der Waals surface area contributed by atoms with Gasteiger partial charge in [0.25, 0.3) is 5.69 Å². The zero-order valence-electron chi connectivity index (χ0n) is 7.95. The van der Waals surface area contributed by atoms with Gasteiger partial charge in [0, 0.05) is 12.1 Å². The number of nitro benzene ring substituents is 1. The SMILES string of the molecule is NS(=O)(=O)c1cc([N+](=O)[O-])cc(C(=O)O)c1F. The van der Waals surface area contributed by atoms with E-state index in [1.807, 2.05) is 0 Å². The maximum Gasteiger partial charge on any atom is 0.338 e. The molecule has 0 atom stereocenters. The van der Waals surface area contributed by atoms with E-state index in [1.165, 1.54) is 0 Å². The monoisotopic (exact) mass is 264 g/mol. The summed E-state index contributed by atoms with van der Waals surface area (Å²) in [7, 11) is -4.59. The molecule has 0 aliphatic heterocycles. The van der Waals surface area contributed by atoms with E-state index in [0.29, 0.717) is 12.1 Å². The molecule has 0 saturated carbocycles. The molecule has 0 aromatic heterocycles. The van der Waals surface area contributed by atoms with E-state index in [9.17, 15) is 27.7 Å². The molecule has 17 heavy (non-hydrogen) atoms. The lowest BCUT2D eigenvalue weighted by Gasteiger charge is -2.03. The van der Waals surface area contributed by atoms with Crippen LogP contribution >= 0.6 is 0 Å². The molecule has 0 unspecified atom stereocenters. The van der Waals surface area contributed by atoms with Crippen LogP contribution in [0.2, 0.25) is 0 Å². The van der Waals surface area contributed by atoms with Crippen LogP contribution in [0, 0.1) is 15.9 Å². The van der Waals surface area contributed by atoms with Crippen LogP contribution in [-0.2, 0) is 10.0 Å². The number of hydrogen-bond acceptors (Lipinski definition) is 5. The van der Waals surface area contributed by atoms with E-state index in [-0.39, 0.29) is 0 Å². The van der Waals surface area contributed by atoms with Crippen LogP contribution in [0.1, 0.15) is 10.4 Å². The van der Waals surface area contributed by atoms with Gasteiger partial charge in [0.05, 0.1) is 4.92 Å². The molecular weight excluding hydrogens is 259 g/mol. The Morgan fingerprint density at radius 2 is 2.00 bits per heavy atom. The minimum absolute atomic E-state index is 0.358. The Balaban J connectivity index is 3.73. The van der Waals surface area contributed by atoms with E-state index < -0.39 is 42.9 Å². The summed E-state index contributed by atoms with van der Waals surface area (Å²) in [5, 5.41) is 23.6. The Labute approximate surface area is 93.7 Å². The van der Waals surface area contributed by atoms with Crippen molar-refractivity contribution in [3.63, 3.8) is 0 Å². The number of nitrogens with zero attached hydrogens (tertiary/aromatic N) is 1. The van der Waals surface area contributed by atoms with Crippen LogP contribution in [0.3, 0.4) is 0 Å². The first-order valence-corrected chi connectivity index (χ1v) is 5.43. The number of hydrogen-bond donors (Lipinski definition) is 2. The van der Waals surface area contributed by atoms with E-state index in [4.69, 9.17) is 5.11 Å². The Kier molecular flexibility index (Phi) is 3.11. The Hall–Kier alpha value is -2.07. The quantitative estimate of drug-likeness (QED) is 0.585. The molecule has 1 rings (SSSR count). The van der Waals surface area contributed by atoms with E-state index in [0.717, 1.165) is 0 Å². The third-order valence-corrected chi connectivity index (χ3v) is 2.68. The lowest BCUT2D eigenvalue weighted by Crippen LogP contribution is -2.16. The van der Waals surface area contributed by atoms with Crippen molar-refractivity contribution in [3.05, 3.63) is 33.6 Å². The number of benzene rings is 1. The molecule has 0 fully saturated rings. The van der Waals surface area contributed by atoms with Crippen molar-refractivity contribution in [2.75, 3.05) is 0 Å². The molecule has 8 nitrogen and oxygen atoms in total. The number of nitrogens with two attached hydrogens (primary N) is 1. The average Bonchev–Trinajstić information content (AvgIpc) is 2.15. The van der Waals surface area contributed by atoms with Gasteiger partial charge in [-0.2, -0.15) is 0 Å². The number of primary sulfonamides is 1. The highest BCUT2D eigenvalue weighted by atomic mass is 32.2. The second-order valence-corrected chi connectivity index (χ2v) is 4.44. The van der Waals surface area contributed by atoms with Gasteiger partial charge in [-0.3, -0.25) is 10.1 Å². The van der Waals surface area contributed by atoms with Crippen LogP contribution in [0.25, 0.3) is 0 Å². The summed E-state index contributed by atoms with van der Waals surface area (Å²) >= 11 is 0. The first-order chi connectivity index (χ1) is 7.64. The zero-order valence-corrected chi connectivity index (χ0v) is 8.77. The fraction of sp³-hybridized carbons (Fsp3) is 0. The molecule has 0 spiro atoms.